The van der Waals surface area contributed by atoms with Crippen molar-refractivity contribution in [2.75, 3.05) is 0 Å². The Labute approximate surface area is 77.0 Å². The predicted octanol–water partition coefficient (Wildman–Crippen LogP) is 1.67. The van der Waals surface area contributed by atoms with Crippen molar-refractivity contribution >= 4 is 35.4 Å². The largest absolute Gasteiger partial charge is 0.431 e. The Kier molecular flexibility index (Phi) is 2.71. The van der Waals surface area contributed by atoms with Crippen LogP contribution in [0.5, 0.6) is 0 Å². The summed E-state index contributed by atoms with van der Waals surface area (Å²) in [6.07, 6.45) is 1.45. The molecule has 0 bridgehead atoms. The van der Waals surface area contributed by atoms with Crippen LogP contribution in [0.2, 0.25) is 0 Å². The zero-order chi connectivity index (χ0) is 8.65. The molecule has 1 rings (SSSR count). The fourth-order valence-electron chi connectivity index (χ4n) is 0.676. The molecule has 1 aliphatic rings. The van der Waals surface area contributed by atoms with Crippen LogP contribution in [0.1, 0.15) is 6.92 Å². The quantitative estimate of drug-likeness (QED) is 0.426. The van der Waals surface area contributed by atoms with Gasteiger partial charge in [-0.15, -0.1) is 0 Å². The zero-order valence-electron chi connectivity index (χ0n) is 5.64. The van der Waals surface area contributed by atoms with Gasteiger partial charge in [-0.1, -0.05) is 27.7 Å². The second-order valence-electron chi connectivity index (χ2n) is 2.04. The van der Waals surface area contributed by atoms with Gasteiger partial charge in [0.05, 0.1) is 0 Å². The maximum absolute atomic E-state index is 10.7. The molecule has 0 aromatic carbocycles. The molecular formula is C4H7BrNO3PS. The Morgan fingerprint density at radius 1 is 1.82 bits per heavy atom. The molecule has 0 aromatic heterocycles. The molecule has 0 aromatic rings. The maximum Gasteiger partial charge on any atom is 0.431 e. The highest BCUT2D eigenvalue weighted by Gasteiger charge is 2.33. The highest BCUT2D eigenvalue weighted by Crippen LogP contribution is 2.51. The van der Waals surface area contributed by atoms with Gasteiger partial charge in [-0.3, -0.25) is 4.67 Å². The first-order valence-corrected chi connectivity index (χ1v) is 6.11. The van der Waals surface area contributed by atoms with Crippen LogP contribution in [-0.2, 0) is 4.57 Å². The first-order chi connectivity index (χ1) is 4.91. The van der Waals surface area contributed by atoms with E-state index >= 15 is 0 Å². The normalized spacial score (nSPS) is 25.6. The van der Waals surface area contributed by atoms with Gasteiger partial charge in [0.2, 0.25) is 0 Å². The minimum Gasteiger partial charge on any atom is -0.308 e. The molecule has 0 saturated heterocycles. The van der Waals surface area contributed by atoms with Gasteiger partial charge in [0.15, 0.2) is 0 Å². The second-order valence-corrected chi connectivity index (χ2v) is 6.33. The molecule has 1 unspecified atom stereocenters. The smallest absolute Gasteiger partial charge is 0.308 e. The van der Waals surface area contributed by atoms with E-state index in [2.05, 4.69) is 15.9 Å². The first kappa shape index (κ1) is 9.61. The lowest BCUT2D eigenvalue weighted by atomic mass is 10.7. The summed E-state index contributed by atoms with van der Waals surface area (Å²) in [6, 6.07) is 0. The summed E-state index contributed by atoms with van der Waals surface area (Å²) >= 11 is 4.49. The molecule has 4 nitrogen and oxygen atoms in total. The number of nitrogens with zero attached hydrogens (tertiary/aromatic N) is 1. The van der Waals surface area contributed by atoms with Gasteiger partial charge in [0, 0.05) is 11.1 Å². The van der Waals surface area contributed by atoms with Crippen LogP contribution in [0, 0.1) is 0 Å². The summed E-state index contributed by atoms with van der Waals surface area (Å²) in [4.78, 5) is 18.4. The van der Waals surface area contributed by atoms with Gasteiger partial charge in [-0.2, -0.15) is 0 Å². The van der Waals surface area contributed by atoms with Gasteiger partial charge < -0.3 is 9.79 Å². The van der Waals surface area contributed by atoms with Crippen molar-refractivity contribution in [1.82, 2.24) is 4.67 Å². The van der Waals surface area contributed by atoms with E-state index < -0.39 is 7.75 Å². The lowest BCUT2D eigenvalue weighted by Crippen LogP contribution is -2.15. The fourth-order valence-corrected chi connectivity index (χ4v) is 4.19. The second kappa shape index (κ2) is 3.11. The van der Waals surface area contributed by atoms with Crippen LogP contribution in [0.3, 0.4) is 0 Å². The van der Waals surface area contributed by atoms with Gasteiger partial charge in [0.25, 0.3) is 0 Å². The summed E-state index contributed by atoms with van der Waals surface area (Å²) in [6.45, 7) is 1.80. The lowest BCUT2D eigenvalue weighted by Gasteiger charge is -2.19. The summed E-state index contributed by atoms with van der Waals surface area (Å²) in [5, 5.41) is 0. The Bertz CT molecular complexity index is 239. The summed E-state index contributed by atoms with van der Waals surface area (Å²) in [5.41, 5.74) is 0. The van der Waals surface area contributed by atoms with Crippen LogP contribution >= 0.6 is 35.4 Å². The molecule has 0 fully saturated rings. The Morgan fingerprint density at radius 2 is 2.36 bits per heavy atom. The number of rotatable bonds is 1. The van der Waals surface area contributed by atoms with Crippen molar-refractivity contribution in [3.05, 3.63) is 11.1 Å². The van der Waals surface area contributed by atoms with Crippen molar-refractivity contribution in [3.63, 3.8) is 0 Å². The first-order valence-electron chi connectivity index (χ1n) is 2.75. The van der Waals surface area contributed by atoms with E-state index in [1.54, 1.807) is 6.92 Å². The predicted molar refractivity (Wildman–Crippen MR) is 47.9 cm³/mol. The van der Waals surface area contributed by atoms with Crippen molar-refractivity contribution in [2.24, 2.45) is 0 Å². The molecule has 1 heterocycles. The molecule has 1 atom stereocenters. The number of alkyl halides is 1. The van der Waals surface area contributed by atoms with E-state index in [0.29, 0.717) is 0 Å². The SMILES string of the molecule is CC1=CN(P(=O)(O)O)C(Br)S1. The molecule has 0 spiro atoms. The highest BCUT2D eigenvalue weighted by molar-refractivity contribution is 9.11. The standard InChI is InChI=1S/C4H7BrNO3PS/c1-3-2-6(4(5)11-3)10(7,8)9/h2,4H,1H3,(H2,7,8,9). The van der Waals surface area contributed by atoms with Crippen molar-refractivity contribution in [2.45, 2.75) is 11.2 Å². The lowest BCUT2D eigenvalue weighted by molar-refractivity contribution is 0.315. The van der Waals surface area contributed by atoms with E-state index in [1.165, 1.54) is 18.0 Å². The molecule has 0 saturated carbocycles. The molecule has 0 radical (unpaired) electrons. The molecule has 0 amide bonds. The third kappa shape index (κ3) is 2.23. The third-order valence-electron chi connectivity index (χ3n) is 1.11. The average Bonchev–Trinajstić information content (AvgIpc) is 2.08. The average molecular weight is 260 g/mol. The minimum atomic E-state index is -4.12. The molecule has 0 aliphatic carbocycles. The van der Waals surface area contributed by atoms with Gasteiger partial charge >= 0.3 is 7.75 Å². The molecule has 2 N–H and O–H groups in total. The van der Waals surface area contributed by atoms with Crippen molar-refractivity contribution in [3.8, 4) is 0 Å². The fraction of sp³-hybridized carbons (Fsp3) is 0.500. The van der Waals surface area contributed by atoms with E-state index in [9.17, 15) is 4.57 Å². The van der Waals surface area contributed by atoms with Crippen LogP contribution in [0.4, 0.5) is 0 Å². The monoisotopic (exact) mass is 259 g/mol. The Balaban J connectivity index is 2.82. The van der Waals surface area contributed by atoms with E-state index in [4.69, 9.17) is 9.79 Å². The van der Waals surface area contributed by atoms with Gasteiger partial charge in [0.1, 0.15) is 4.28 Å². The Morgan fingerprint density at radius 3 is 2.55 bits per heavy atom. The number of halogens is 1. The number of hydrogen-bond donors (Lipinski definition) is 2. The third-order valence-corrected chi connectivity index (χ3v) is 4.43. The minimum absolute atomic E-state index is 0.344. The summed E-state index contributed by atoms with van der Waals surface area (Å²) in [5.74, 6) is 0. The van der Waals surface area contributed by atoms with Gasteiger partial charge in [-0.05, 0) is 6.92 Å². The molecule has 1 aliphatic heterocycles. The van der Waals surface area contributed by atoms with Crippen LogP contribution in [0.15, 0.2) is 11.1 Å². The molecule has 11 heavy (non-hydrogen) atoms. The van der Waals surface area contributed by atoms with Gasteiger partial charge in [-0.25, -0.2) is 4.57 Å². The van der Waals surface area contributed by atoms with Crippen LogP contribution in [0.25, 0.3) is 0 Å². The number of thioether (sulfide) groups is 1. The van der Waals surface area contributed by atoms with Crippen molar-refractivity contribution < 1.29 is 14.4 Å². The van der Waals surface area contributed by atoms with Crippen molar-refractivity contribution in [1.29, 1.82) is 0 Å². The summed E-state index contributed by atoms with van der Waals surface area (Å²) in [7, 11) is -4.12. The van der Waals surface area contributed by atoms with E-state index in [1.807, 2.05) is 0 Å². The van der Waals surface area contributed by atoms with E-state index in [-0.39, 0.29) is 4.28 Å². The van der Waals surface area contributed by atoms with Crippen LogP contribution < -0.4 is 0 Å². The molecule has 64 valence electrons. The number of allylic oxidation sites excluding steroid dienone is 1. The Hall–Kier alpha value is 0.520. The number of hydrogen-bond acceptors (Lipinski definition) is 2. The maximum atomic E-state index is 10.7. The highest BCUT2D eigenvalue weighted by atomic mass is 79.9. The van der Waals surface area contributed by atoms with E-state index in [0.717, 1.165) is 9.58 Å². The summed E-state index contributed by atoms with van der Waals surface area (Å²) < 4.78 is 11.4. The van der Waals surface area contributed by atoms with Crippen LogP contribution in [-0.4, -0.2) is 18.7 Å². The topological polar surface area (TPSA) is 60.8 Å². The zero-order valence-corrected chi connectivity index (χ0v) is 8.93. The molecular weight excluding hydrogens is 253 g/mol. The molecule has 7 heteroatoms.